The molecule has 0 spiro atoms. The monoisotopic (exact) mass is 553 g/mol. The first-order valence-corrected chi connectivity index (χ1v) is 13.7. The SMILES string of the molecule is Cc1cccc(N2C(=O)/C(=C\c3cc(-c4ccccc4)n(-c4ccccc4)c3-c3ccccc3)C(=O)NC2=S)c1C. The molecule has 1 fully saturated rings. The van der Waals surface area contributed by atoms with Crippen molar-refractivity contribution in [1.29, 1.82) is 0 Å². The quantitative estimate of drug-likeness (QED) is 0.142. The summed E-state index contributed by atoms with van der Waals surface area (Å²) < 4.78 is 2.18. The maximum Gasteiger partial charge on any atom is 0.270 e. The van der Waals surface area contributed by atoms with Crippen molar-refractivity contribution < 1.29 is 9.59 Å². The van der Waals surface area contributed by atoms with E-state index in [1.807, 2.05) is 105 Å². The number of rotatable bonds is 5. The van der Waals surface area contributed by atoms with Crippen molar-refractivity contribution in [2.45, 2.75) is 13.8 Å². The van der Waals surface area contributed by atoms with Crippen LogP contribution < -0.4 is 10.2 Å². The fourth-order valence-electron chi connectivity index (χ4n) is 5.21. The molecule has 1 N–H and O–H groups in total. The summed E-state index contributed by atoms with van der Waals surface area (Å²) in [7, 11) is 0. The van der Waals surface area contributed by atoms with Crippen LogP contribution in [0.1, 0.15) is 16.7 Å². The summed E-state index contributed by atoms with van der Waals surface area (Å²) in [5.41, 5.74) is 8.10. The molecule has 0 atom stereocenters. The summed E-state index contributed by atoms with van der Waals surface area (Å²) >= 11 is 5.48. The largest absolute Gasteiger partial charge is 0.309 e. The average molecular weight is 554 g/mol. The second kappa shape index (κ2) is 10.8. The number of hydrogen-bond donors (Lipinski definition) is 1. The van der Waals surface area contributed by atoms with Crippen LogP contribution in [-0.2, 0) is 9.59 Å². The first-order chi connectivity index (χ1) is 19.9. The first kappa shape index (κ1) is 26.2. The molecular weight excluding hydrogens is 526 g/mol. The minimum atomic E-state index is -0.519. The van der Waals surface area contributed by atoms with E-state index in [2.05, 4.69) is 34.1 Å². The molecule has 1 saturated heterocycles. The van der Waals surface area contributed by atoms with Crippen LogP contribution in [0.2, 0.25) is 0 Å². The number of aromatic nitrogens is 1. The lowest BCUT2D eigenvalue weighted by molar-refractivity contribution is -0.122. The van der Waals surface area contributed by atoms with Gasteiger partial charge in [0.05, 0.1) is 17.1 Å². The number of anilines is 1. The van der Waals surface area contributed by atoms with Crippen LogP contribution in [0.25, 0.3) is 34.3 Å². The zero-order valence-electron chi connectivity index (χ0n) is 22.7. The van der Waals surface area contributed by atoms with E-state index in [1.54, 1.807) is 6.08 Å². The number of carbonyl (C=O) groups excluding carboxylic acids is 2. The number of aryl methyl sites for hydroxylation is 1. The van der Waals surface area contributed by atoms with Gasteiger partial charge in [0.2, 0.25) is 0 Å². The molecule has 0 radical (unpaired) electrons. The highest BCUT2D eigenvalue weighted by Gasteiger charge is 2.36. The highest BCUT2D eigenvalue weighted by atomic mass is 32.1. The number of carbonyl (C=O) groups is 2. The van der Waals surface area contributed by atoms with Crippen LogP contribution in [0.4, 0.5) is 5.69 Å². The number of amides is 2. The summed E-state index contributed by atoms with van der Waals surface area (Å²) in [6.45, 7) is 3.93. The Morgan fingerprint density at radius 3 is 2.00 bits per heavy atom. The summed E-state index contributed by atoms with van der Waals surface area (Å²) in [5.74, 6) is -0.977. The third-order valence-electron chi connectivity index (χ3n) is 7.38. The van der Waals surface area contributed by atoms with Gasteiger partial charge in [-0.25, -0.2) is 0 Å². The normalized spacial score (nSPS) is 14.4. The Balaban J connectivity index is 1.60. The highest BCUT2D eigenvalue weighted by Crippen LogP contribution is 2.38. The predicted octanol–water partition coefficient (Wildman–Crippen LogP) is 7.26. The van der Waals surface area contributed by atoms with Gasteiger partial charge in [-0.15, -0.1) is 0 Å². The topological polar surface area (TPSA) is 54.3 Å². The van der Waals surface area contributed by atoms with E-state index in [9.17, 15) is 9.59 Å². The molecular formula is C35H27N3O2S. The van der Waals surface area contributed by atoms with E-state index < -0.39 is 11.8 Å². The van der Waals surface area contributed by atoms with Gasteiger partial charge in [0, 0.05) is 11.3 Å². The number of benzene rings is 4. The third-order valence-corrected chi connectivity index (χ3v) is 7.66. The van der Waals surface area contributed by atoms with E-state index in [0.717, 1.165) is 44.9 Å². The molecule has 41 heavy (non-hydrogen) atoms. The molecule has 6 rings (SSSR count). The minimum Gasteiger partial charge on any atom is -0.309 e. The zero-order valence-corrected chi connectivity index (χ0v) is 23.5. The number of nitrogens with one attached hydrogen (secondary N) is 1. The van der Waals surface area contributed by atoms with E-state index in [4.69, 9.17) is 12.2 Å². The van der Waals surface area contributed by atoms with Crippen LogP contribution in [0.5, 0.6) is 0 Å². The number of para-hydroxylation sites is 1. The summed E-state index contributed by atoms with van der Waals surface area (Å²) in [6.07, 6.45) is 1.69. The first-order valence-electron chi connectivity index (χ1n) is 13.3. The second-order valence-corrected chi connectivity index (χ2v) is 10.3. The maximum absolute atomic E-state index is 14.0. The van der Waals surface area contributed by atoms with Crippen LogP contribution >= 0.6 is 12.2 Å². The molecule has 2 heterocycles. The van der Waals surface area contributed by atoms with E-state index >= 15 is 0 Å². The van der Waals surface area contributed by atoms with Gasteiger partial charge in [-0.3, -0.25) is 19.8 Å². The van der Waals surface area contributed by atoms with Crippen LogP contribution in [0.3, 0.4) is 0 Å². The standard InChI is InChI=1S/C35H27N3O2S/c1-23-13-12-20-30(24(23)2)38-34(40)29(33(39)36-35(38)41)21-27-22-31(25-14-6-3-7-15-25)37(28-18-10-5-11-19-28)32(27)26-16-8-4-9-17-26/h3-22H,1-2H3,(H,36,39,41)/b29-21-. The average Bonchev–Trinajstić information content (AvgIpc) is 3.38. The lowest BCUT2D eigenvalue weighted by Crippen LogP contribution is -2.54. The van der Waals surface area contributed by atoms with Crippen LogP contribution in [0.15, 0.2) is 121 Å². The number of nitrogens with zero attached hydrogens (tertiary/aromatic N) is 2. The molecule has 6 heteroatoms. The van der Waals surface area contributed by atoms with Gasteiger partial charge in [0.25, 0.3) is 11.8 Å². The fourth-order valence-corrected chi connectivity index (χ4v) is 5.48. The van der Waals surface area contributed by atoms with Crippen molar-refractivity contribution in [3.63, 3.8) is 0 Å². The molecule has 0 aliphatic carbocycles. The van der Waals surface area contributed by atoms with Crippen molar-refractivity contribution in [3.8, 4) is 28.2 Å². The van der Waals surface area contributed by atoms with Gasteiger partial charge >= 0.3 is 0 Å². The Labute approximate surface area is 244 Å². The van der Waals surface area contributed by atoms with E-state index in [1.165, 1.54) is 4.90 Å². The molecule has 1 aliphatic heterocycles. The smallest absolute Gasteiger partial charge is 0.270 e. The lowest BCUT2D eigenvalue weighted by atomic mass is 10.0. The van der Waals surface area contributed by atoms with E-state index in [0.29, 0.717) is 5.69 Å². The van der Waals surface area contributed by atoms with Crippen molar-refractivity contribution in [2.75, 3.05) is 4.90 Å². The van der Waals surface area contributed by atoms with Crippen molar-refractivity contribution in [3.05, 3.63) is 138 Å². The Kier molecular flexibility index (Phi) is 6.91. The predicted molar refractivity (Wildman–Crippen MR) is 169 cm³/mol. The van der Waals surface area contributed by atoms with Crippen molar-refractivity contribution in [1.82, 2.24) is 9.88 Å². The Morgan fingerprint density at radius 2 is 1.34 bits per heavy atom. The van der Waals surface area contributed by atoms with Crippen molar-refractivity contribution >= 4 is 40.9 Å². The Morgan fingerprint density at radius 1 is 0.732 bits per heavy atom. The molecule has 0 unspecified atom stereocenters. The zero-order chi connectivity index (χ0) is 28.5. The van der Waals surface area contributed by atoms with Gasteiger partial charge in [-0.2, -0.15) is 0 Å². The number of hydrogen-bond acceptors (Lipinski definition) is 3. The van der Waals surface area contributed by atoms with Crippen molar-refractivity contribution in [2.24, 2.45) is 0 Å². The minimum absolute atomic E-state index is 0.0153. The Hall–Kier alpha value is -5.07. The Bertz CT molecular complexity index is 1820. The molecule has 200 valence electrons. The fraction of sp³-hybridized carbons (Fsp3) is 0.0571. The highest BCUT2D eigenvalue weighted by molar-refractivity contribution is 7.80. The molecule has 4 aromatic carbocycles. The molecule has 5 nitrogen and oxygen atoms in total. The van der Waals surface area contributed by atoms with Gasteiger partial charge in [-0.05, 0) is 78.7 Å². The van der Waals surface area contributed by atoms with Gasteiger partial charge in [0.1, 0.15) is 5.57 Å². The molecule has 5 aromatic rings. The summed E-state index contributed by atoms with van der Waals surface area (Å²) in [5, 5.41) is 2.81. The second-order valence-electron chi connectivity index (χ2n) is 9.91. The van der Waals surface area contributed by atoms with Gasteiger partial charge in [-0.1, -0.05) is 91.0 Å². The van der Waals surface area contributed by atoms with Crippen LogP contribution in [0, 0.1) is 13.8 Å². The lowest BCUT2D eigenvalue weighted by Gasteiger charge is -2.30. The van der Waals surface area contributed by atoms with Gasteiger partial charge in [0.15, 0.2) is 5.11 Å². The molecule has 0 saturated carbocycles. The molecule has 1 aliphatic rings. The number of thiocarbonyl (C=S) groups is 1. The summed E-state index contributed by atoms with van der Waals surface area (Å²) in [4.78, 5) is 28.7. The molecule has 1 aromatic heterocycles. The van der Waals surface area contributed by atoms with Gasteiger partial charge < -0.3 is 4.57 Å². The third kappa shape index (κ3) is 4.79. The molecule has 0 bridgehead atoms. The van der Waals surface area contributed by atoms with E-state index in [-0.39, 0.29) is 10.7 Å². The summed E-state index contributed by atoms with van der Waals surface area (Å²) in [6, 6.07) is 37.9. The molecule has 2 amide bonds. The maximum atomic E-state index is 14.0. The van der Waals surface area contributed by atoms with Crippen LogP contribution in [-0.4, -0.2) is 21.5 Å².